The maximum absolute atomic E-state index is 13.0. The van der Waals surface area contributed by atoms with Crippen molar-refractivity contribution in [2.24, 2.45) is 0 Å². The molecule has 0 saturated carbocycles. The van der Waals surface area contributed by atoms with E-state index in [4.69, 9.17) is 9.15 Å². The van der Waals surface area contributed by atoms with Crippen molar-refractivity contribution in [2.75, 3.05) is 11.9 Å². The Morgan fingerprint density at radius 1 is 1.26 bits per heavy atom. The van der Waals surface area contributed by atoms with E-state index in [0.717, 1.165) is 0 Å². The summed E-state index contributed by atoms with van der Waals surface area (Å²) in [6, 6.07) is 6.67. The summed E-state index contributed by atoms with van der Waals surface area (Å²) < 4.78 is 23.1. The second-order valence-corrected chi connectivity index (χ2v) is 4.75. The number of benzene rings is 1. The minimum atomic E-state index is -0.551. The molecule has 1 aromatic carbocycles. The monoisotopic (exact) mass is 320 g/mol. The van der Waals surface area contributed by atoms with Gasteiger partial charge in [-0.1, -0.05) is 0 Å². The Morgan fingerprint density at radius 2 is 2.04 bits per heavy atom. The maximum atomic E-state index is 13.0. The SMILES string of the molecule is CCOC(=O)c1ccc(CNC(=O)Nc2ccc(F)cc2C)o1. The van der Waals surface area contributed by atoms with Crippen molar-refractivity contribution in [3.8, 4) is 0 Å². The van der Waals surface area contributed by atoms with Crippen molar-refractivity contribution < 1.29 is 23.1 Å². The topological polar surface area (TPSA) is 80.6 Å². The van der Waals surface area contributed by atoms with Crippen molar-refractivity contribution in [2.45, 2.75) is 20.4 Å². The van der Waals surface area contributed by atoms with Crippen LogP contribution in [-0.2, 0) is 11.3 Å². The first kappa shape index (κ1) is 16.5. The van der Waals surface area contributed by atoms with E-state index in [-0.39, 0.29) is 24.7 Å². The highest BCUT2D eigenvalue weighted by Gasteiger charge is 2.12. The van der Waals surface area contributed by atoms with Crippen LogP contribution in [-0.4, -0.2) is 18.6 Å². The average Bonchev–Trinajstić information content (AvgIpc) is 2.97. The van der Waals surface area contributed by atoms with Gasteiger partial charge in [0.05, 0.1) is 13.2 Å². The molecule has 2 rings (SSSR count). The normalized spacial score (nSPS) is 10.2. The van der Waals surface area contributed by atoms with E-state index in [1.807, 2.05) is 0 Å². The number of aryl methyl sites for hydroxylation is 1. The van der Waals surface area contributed by atoms with Crippen LogP contribution in [0.2, 0.25) is 0 Å². The van der Waals surface area contributed by atoms with Gasteiger partial charge in [-0.15, -0.1) is 0 Å². The number of ether oxygens (including phenoxy) is 1. The number of nitrogens with one attached hydrogen (secondary N) is 2. The molecule has 0 radical (unpaired) electrons. The molecule has 23 heavy (non-hydrogen) atoms. The fourth-order valence-electron chi connectivity index (χ4n) is 1.89. The molecular weight excluding hydrogens is 303 g/mol. The van der Waals surface area contributed by atoms with E-state index in [2.05, 4.69) is 10.6 Å². The number of anilines is 1. The largest absolute Gasteiger partial charge is 0.460 e. The van der Waals surface area contributed by atoms with Crippen molar-refractivity contribution in [1.29, 1.82) is 0 Å². The summed E-state index contributed by atoms with van der Waals surface area (Å²) in [7, 11) is 0. The molecule has 0 unspecified atom stereocenters. The lowest BCUT2D eigenvalue weighted by atomic mass is 10.2. The van der Waals surface area contributed by atoms with Gasteiger partial charge < -0.3 is 19.8 Å². The summed E-state index contributed by atoms with van der Waals surface area (Å²) in [5.74, 6) is -0.418. The summed E-state index contributed by atoms with van der Waals surface area (Å²) in [6.07, 6.45) is 0. The number of halogens is 1. The lowest BCUT2D eigenvalue weighted by molar-refractivity contribution is 0.0488. The first-order chi connectivity index (χ1) is 11.0. The average molecular weight is 320 g/mol. The van der Waals surface area contributed by atoms with Crippen LogP contribution in [0.15, 0.2) is 34.7 Å². The molecule has 122 valence electrons. The number of hydrogen-bond acceptors (Lipinski definition) is 4. The van der Waals surface area contributed by atoms with Gasteiger partial charge in [0, 0.05) is 5.69 Å². The Bertz CT molecular complexity index is 712. The van der Waals surface area contributed by atoms with Crippen LogP contribution in [0.25, 0.3) is 0 Å². The third-order valence-electron chi connectivity index (χ3n) is 3.00. The van der Waals surface area contributed by atoms with Gasteiger partial charge in [-0.05, 0) is 49.7 Å². The first-order valence-electron chi connectivity index (χ1n) is 7.06. The summed E-state index contributed by atoms with van der Waals surface area (Å²) >= 11 is 0. The molecule has 7 heteroatoms. The predicted molar refractivity (Wildman–Crippen MR) is 81.7 cm³/mol. The summed E-state index contributed by atoms with van der Waals surface area (Å²) in [5.41, 5.74) is 1.12. The van der Waals surface area contributed by atoms with Gasteiger partial charge in [-0.2, -0.15) is 0 Å². The molecular formula is C16H17FN2O4. The molecule has 2 N–H and O–H groups in total. The van der Waals surface area contributed by atoms with Crippen molar-refractivity contribution >= 4 is 17.7 Å². The number of carbonyl (C=O) groups excluding carboxylic acids is 2. The number of rotatable bonds is 5. The zero-order valence-corrected chi connectivity index (χ0v) is 12.8. The molecule has 0 bridgehead atoms. The Balaban J connectivity index is 1.88. The number of hydrogen-bond donors (Lipinski definition) is 2. The number of urea groups is 1. The third kappa shape index (κ3) is 4.57. The van der Waals surface area contributed by atoms with Gasteiger partial charge in [-0.3, -0.25) is 0 Å². The van der Waals surface area contributed by atoms with Crippen LogP contribution in [0.1, 0.15) is 28.8 Å². The first-order valence-corrected chi connectivity index (χ1v) is 7.06. The Kier molecular flexibility index (Phi) is 5.35. The molecule has 1 heterocycles. The summed E-state index contributed by atoms with van der Waals surface area (Å²) in [5, 5.41) is 5.19. The maximum Gasteiger partial charge on any atom is 0.374 e. The second kappa shape index (κ2) is 7.44. The van der Waals surface area contributed by atoms with Gasteiger partial charge >= 0.3 is 12.0 Å². The van der Waals surface area contributed by atoms with Crippen LogP contribution in [0.5, 0.6) is 0 Å². The smallest absolute Gasteiger partial charge is 0.374 e. The highest BCUT2D eigenvalue weighted by molar-refractivity contribution is 5.90. The number of furan rings is 1. The van der Waals surface area contributed by atoms with Gasteiger partial charge in [0.1, 0.15) is 11.6 Å². The molecule has 6 nitrogen and oxygen atoms in total. The summed E-state index contributed by atoms with van der Waals surface area (Å²) in [4.78, 5) is 23.3. The molecule has 1 aromatic heterocycles. The lowest BCUT2D eigenvalue weighted by Crippen LogP contribution is -2.28. The molecule has 0 aliphatic rings. The Labute approximate surface area is 132 Å². The summed E-state index contributed by atoms with van der Waals surface area (Å²) in [6.45, 7) is 3.75. The van der Waals surface area contributed by atoms with Crippen LogP contribution in [0.3, 0.4) is 0 Å². The van der Waals surface area contributed by atoms with E-state index >= 15 is 0 Å². The number of carbonyl (C=O) groups is 2. The van der Waals surface area contributed by atoms with E-state index in [1.165, 1.54) is 24.3 Å². The van der Waals surface area contributed by atoms with Crippen LogP contribution in [0, 0.1) is 12.7 Å². The number of amides is 2. The van der Waals surface area contributed by atoms with Gasteiger partial charge in [0.25, 0.3) is 0 Å². The fraction of sp³-hybridized carbons (Fsp3) is 0.250. The highest BCUT2D eigenvalue weighted by atomic mass is 19.1. The van der Waals surface area contributed by atoms with Gasteiger partial charge in [0.15, 0.2) is 0 Å². The van der Waals surface area contributed by atoms with Crippen LogP contribution < -0.4 is 10.6 Å². The second-order valence-electron chi connectivity index (χ2n) is 4.75. The van der Waals surface area contributed by atoms with E-state index in [0.29, 0.717) is 17.0 Å². The molecule has 0 aliphatic heterocycles. The molecule has 0 saturated heterocycles. The zero-order chi connectivity index (χ0) is 16.8. The Hall–Kier alpha value is -2.83. The Morgan fingerprint density at radius 3 is 2.74 bits per heavy atom. The number of esters is 1. The van der Waals surface area contributed by atoms with Gasteiger partial charge in [0.2, 0.25) is 5.76 Å². The molecule has 2 amide bonds. The van der Waals surface area contributed by atoms with Gasteiger partial charge in [-0.25, -0.2) is 14.0 Å². The molecule has 2 aromatic rings. The lowest BCUT2D eigenvalue weighted by Gasteiger charge is -2.09. The standard InChI is InChI=1S/C16H17FN2O4/c1-3-22-15(20)14-7-5-12(23-14)9-18-16(21)19-13-6-4-11(17)8-10(13)2/h4-8H,3,9H2,1-2H3,(H2,18,19,21). The third-order valence-corrected chi connectivity index (χ3v) is 3.00. The molecule has 0 aliphatic carbocycles. The molecule has 0 spiro atoms. The van der Waals surface area contributed by atoms with E-state index in [9.17, 15) is 14.0 Å². The minimum absolute atomic E-state index is 0.0819. The van der Waals surface area contributed by atoms with Crippen molar-refractivity contribution in [3.63, 3.8) is 0 Å². The predicted octanol–water partition coefficient (Wildman–Crippen LogP) is 3.23. The van der Waals surface area contributed by atoms with Crippen molar-refractivity contribution in [3.05, 3.63) is 53.2 Å². The van der Waals surface area contributed by atoms with E-state index in [1.54, 1.807) is 19.9 Å². The minimum Gasteiger partial charge on any atom is -0.460 e. The van der Waals surface area contributed by atoms with E-state index < -0.39 is 12.0 Å². The fourth-order valence-corrected chi connectivity index (χ4v) is 1.89. The molecule has 0 fully saturated rings. The van der Waals surface area contributed by atoms with Crippen molar-refractivity contribution in [1.82, 2.24) is 5.32 Å². The molecule has 0 atom stereocenters. The van der Waals surface area contributed by atoms with Crippen LogP contribution in [0.4, 0.5) is 14.9 Å². The van der Waals surface area contributed by atoms with Crippen LogP contribution >= 0.6 is 0 Å². The quantitative estimate of drug-likeness (QED) is 0.829. The highest BCUT2D eigenvalue weighted by Crippen LogP contribution is 2.15. The zero-order valence-electron chi connectivity index (χ0n) is 12.8.